The maximum atomic E-state index is 13.5. The number of ketones is 2. The number of carbonyl (C=O) groups is 4. The van der Waals surface area contributed by atoms with Crippen LogP contribution in [-0.2, 0) is 27.2 Å². The highest BCUT2D eigenvalue weighted by Crippen LogP contribution is 2.31. The molecule has 0 radical (unpaired) electrons. The number of nitrogens with zero attached hydrogens (tertiary/aromatic N) is 1. The van der Waals surface area contributed by atoms with Crippen LogP contribution in [0.3, 0.4) is 0 Å². The summed E-state index contributed by atoms with van der Waals surface area (Å²) in [7, 11) is 0. The van der Waals surface area contributed by atoms with Crippen LogP contribution >= 0.6 is 0 Å². The molecule has 42 heavy (non-hydrogen) atoms. The molecule has 2 atom stereocenters. The molecule has 2 N–H and O–H groups in total. The molecule has 0 bridgehead atoms. The number of rotatable bonds is 11. The Hall–Kier alpha value is -4.73. The number of amides is 2. The van der Waals surface area contributed by atoms with Gasteiger partial charge >= 0.3 is 12.1 Å². The average molecular weight is 578 g/mol. The fourth-order valence-electron chi connectivity index (χ4n) is 4.87. The number of nitrogens with one attached hydrogen (secondary N) is 2. The topological polar surface area (TPSA) is 95.6 Å². The van der Waals surface area contributed by atoms with Crippen molar-refractivity contribution >= 4 is 29.1 Å². The Morgan fingerprint density at radius 2 is 1.45 bits per heavy atom. The monoisotopic (exact) mass is 577 g/mol. The third kappa shape index (κ3) is 7.51. The number of carbonyl (C=O) groups excluding carboxylic acids is 4. The molecular weight excluding hydrogens is 547 g/mol. The van der Waals surface area contributed by atoms with E-state index in [1.54, 1.807) is 53.8 Å². The molecule has 0 aromatic heterocycles. The molecule has 2 amide bonds. The normalized spacial score (nSPS) is 14.2. The van der Waals surface area contributed by atoms with Crippen LogP contribution in [0.25, 0.3) is 0 Å². The van der Waals surface area contributed by atoms with Crippen molar-refractivity contribution in [1.29, 1.82) is 0 Å². The van der Waals surface area contributed by atoms with E-state index in [1.807, 2.05) is 29.2 Å². The highest BCUT2D eigenvalue weighted by Gasteiger charge is 2.41. The molecule has 0 fully saturated rings. The minimum absolute atomic E-state index is 0.168. The van der Waals surface area contributed by atoms with E-state index in [2.05, 4.69) is 11.9 Å². The second-order valence-electron chi connectivity index (χ2n) is 9.97. The van der Waals surface area contributed by atoms with Crippen molar-refractivity contribution in [1.82, 2.24) is 10.6 Å². The van der Waals surface area contributed by atoms with Crippen molar-refractivity contribution in [3.05, 3.63) is 114 Å². The van der Waals surface area contributed by atoms with Crippen molar-refractivity contribution in [3.8, 4) is 0 Å². The van der Waals surface area contributed by atoms with Gasteiger partial charge in [0.05, 0.1) is 6.04 Å². The quantitative estimate of drug-likeness (QED) is 0.257. The summed E-state index contributed by atoms with van der Waals surface area (Å²) < 4.78 is 39.5. The molecule has 1 heterocycles. The number of para-hydroxylation sites is 1. The standard InChI is InChI=1S/C32H30F3N3O4/c1-21(38-18-10-16-23-13-8-9-17-27(23)38)25(20-28(39)29(40)24-14-6-3-7-15-24)36-30(41)26(37-31(42)32(33,34)35)19-22-11-4-2-5-12-22/h2-9,11-15,17,25-26H,1,10,16,18-20H2,(H,36,41)(H,37,42)/t25-,26+/m1/s1. The number of aryl methyl sites for hydroxylation is 1. The number of halogens is 3. The summed E-state index contributed by atoms with van der Waals surface area (Å²) in [4.78, 5) is 53.3. The lowest BCUT2D eigenvalue weighted by atomic mass is 9.96. The molecule has 10 heteroatoms. The lowest BCUT2D eigenvalue weighted by Gasteiger charge is -2.36. The fourth-order valence-corrected chi connectivity index (χ4v) is 4.87. The fraction of sp³-hybridized carbons (Fsp3) is 0.250. The van der Waals surface area contributed by atoms with E-state index in [4.69, 9.17) is 0 Å². The molecule has 3 aromatic carbocycles. The van der Waals surface area contributed by atoms with Crippen LogP contribution in [0.2, 0.25) is 0 Å². The molecule has 0 saturated carbocycles. The van der Waals surface area contributed by atoms with Crippen LogP contribution in [0, 0.1) is 0 Å². The van der Waals surface area contributed by atoms with Crippen LogP contribution in [0.4, 0.5) is 18.9 Å². The average Bonchev–Trinajstić information content (AvgIpc) is 2.99. The van der Waals surface area contributed by atoms with Gasteiger partial charge in [-0.05, 0) is 30.0 Å². The van der Waals surface area contributed by atoms with Gasteiger partial charge in [-0.15, -0.1) is 0 Å². The lowest BCUT2D eigenvalue weighted by molar-refractivity contribution is -0.174. The first-order chi connectivity index (χ1) is 20.0. The number of hydrogen-bond donors (Lipinski definition) is 2. The summed E-state index contributed by atoms with van der Waals surface area (Å²) in [5.74, 6) is -4.80. The summed E-state index contributed by atoms with van der Waals surface area (Å²) in [6.07, 6.45) is -4.37. The van der Waals surface area contributed by atoms with Gasteiger partial charge in [-0.3, -0.25) is 19.2 Å². The van der Waals surface area contributed by atoms with Crippen molar-refractivity contribution < 1.29 is 32.3 Å². The SMILES string of the molecule is C=C([C@@H](CC(=O)C(=O)c1ccccc1)NC(=O)[C@H](Cc1ccccc1)NC(=O)C(F)(F)F)N1CCCc2ccccc21. The molecule has 7 nitrogen and oxygen atoms in total. The Morgan fingerprint density at radius 1 is 0.833 bits per heavy atom. The Morgan fingerprint density at radius 3 is 2.12 bits per heavy atom. The van der Waals surface area contributed by atoms with Gasteiger partial charge in [-0.1, -0.05) is 85.4 Å². The van der Waals surface area contributed by atoms with Gasteiger partial charge in [0, 0.05) is 36.3 Å². The number of alkyl halides is 3. The number of Topliss-reactive ketones (excluding diaryl/α,β-unsaturated/α-hetero) is 2. The van der Waals surface area contributed by atoms with Crippen LogP contribution in [0.15, 0.2) is 97.2 Å². The van der Waals surface area contributed by atoms with E-state index < -0.39 is 48.1 Å². The number of hydrogen-bond acceptors (Lipinski definition) is 5. The Kier molecular flexibility index (Phi) is 9.57. The van der Waals surface area contributed by atoms with Gasteiger partial charge in [0.1, 0.15) is 6.04 Å². The summed E-state index contributed by atoms with van der Waals surface area (Å²) in [6, 6.07) is 20.9. The van der Waals surface area contributed by atoms with E-state index in [0.717, 1.165) is 24.1 Å². The second-order valence-corrected chi connectivity index (χ2v) is 9.97. The molecular formula is C32H30F3N3O4. The first-order valence-corrected chi connectivity index (χ1v) is 13.4. The smallest absolute Gasteiger partial charge is 0.346 e. The molecule has 218 valence electrons. The van der Waals surface area contributed by atoms with Crippen LogP contribution in [0.1, 0.15) is 34.3 Å². The lowest BCUT2D eigenvalue weighted by Crippen LogP contribution is -2.55. The Labute approximate surface area is 241 Å². The van der Waals surface area contributed by atoms with Gasteiger partial charge in [0.15, 0.2) is 0 Å². The molecule has 0 aliphatic carbocycles. The zero-order valence-electron chi connectivity index (χ0n) is 22.7. The Bertz CT molecular complexity index is 1460. The van der Waals surface area contributed by atoms with Crippen molar-refractivity contribution in [2.75, 3.05) is 11.4 Å². The molecule has 0 saturated heterocycles. The highest BCUT2D eigenvalue weighted by atomic mass is 19.4. The predicted octanol–water partition coefficient (Wildman–Crippen LogP) is 4.57. The third-order valence-electron chi connectivity index (χ3n) is 7.02. The summed E-state index contributed by atoms with van der Waals surface area (Å²) in [5.41, 5.74) is 2.82. The molecule has 1 aliphatic rings. The highest BCUT2D eigenvalue weighted by molar-refractivity contribution is 6.43. The third-order valence-corrected chi connectivity index (χ3v) is 7.02. The Balaban J connectivity index is 1.63. The van der Waals surface area contributed by atoms with Crippen molar-refractivity contribution in [2.45, 2.75) is 43.9 Å². The second kappa shape index (κ2) is 13.3. The van der Waals surface area contributed by atoms with Crippen molar-refractivity contribution in [3.63, 3.8) is 0 Å². The van der Waals surface area contributed by atoms with E-state index in [-0.39, 0.29) is 12.0 Å². The van der Waals surface area contributed by atoms with E-state index >= 15 is 0 Å². The predicted molar refractivity (Wildman–Crippen MR) is 152 cm³/mol. The van der Waals surface area contributed by atoms with E-state index in [9.17, 15) is 32.3 Å². The molecule has 1 aliphatic heterocycles. The van der Waals surface area contributed by atoms with Gasteiger partial charge < -0.3 is 15.5 Å². The largest absolute Gasteiger partial charge is 0.471 e. The zero-order valence-corrected chi connectivity index (χ0v) is 22.7. The molecule has 0 spiro atoms. The van der Waals surface area contributed by atoms with Gasteiger partial charge in [-0.25, -0.2) is 0 Å². The van der Waals surface area contributed by atoms with Gasteiger partial charge in [0.2, 0.25) is 17.5 Å². The summed E-state index contributed by atoms with van der Waals surface area (Å²) >= 11 is 0. The van der Waals surface area contributed by atoms with Gasteiger partial charge in [0.25, 0.3) is 0 Å². The van der Waals surface area contributed by atoms with E-state index in [1.165, 1.54) is 12.1 Å². The van der Waals surface area contributed by atoms with Crippen LogP contribution in [0.5, 0.6) is 0 Å². The van der Waals surface area contributed by atoms with Crippen LogP contribution in [-0.4, -0.2) is 48.2 Å². The number of anilines is 1. The summed E-state index contributed by atoms with van der Waals surface area (Å²) in [5, 5.41) is 4.40. The summed E-state index contributed by atoms with van der Waals surface area (Å²) in [6.45, 7) is 4.65. The zero-order chi connectivity index (χ0) is 30.3. The maximum absolute atomic E-state index is 13.5. The first kappa shape index (κ1) is 30.2. The minimum Gasteiger partial charge on any atom is -0.346 e. The molecule has 0 unspecified atom stereocenters. The number of fused-ring (bicyclic) bond motifs is 1. The van der Waals surface area contributed by atoms with E-state index in [0.29, 0.717) is 17.8 Å². The van der Waals surface area contributed by atoms with Crippen LogP contribution < -0.4 is 15.5 Å². The minimum atomic E-state index is -5.21. The first-order valence-electron chi connectivity index (χ1n) is 13.4. The van der Waals surface area contributed by atoms with Crippen molar-refractivity contribution in [2.24, 2.45) is 0 Å². The molecule has 4 rings (SSSR count). The maximum Gasteiger partial charge on any atom is 0.471 e. The molecule has 3 aromatic rings. The number of benzene rings is 3. The van der Waals surface area contributed by atoms with Gasteiger partial charge in [-0.2, -0.15) is 13.2 Å².